The fourth-order valence-corrected chi connectivity index (χ4v) is 4.30. The standard InChI is InChI=1S/C25H13F6N3O6S/c26-15-5-6-16(22(28)21(15)27)32-20(35)11-33-23(36)19(41-24(33)37)9-12-2-1-3-14(8-12)40-18-7-4-13(25(29,30)31)10-17(18)34(38)39/h1-10H,11H2,(H,32,35)/b19-9+. The number of carbonyl (C=O) groups is 3. The minimum Gasteiger partial charge on any atom is -0.450 e. The molecule has 1 aliphatic heterocycles. The topological polar surface area (TPSA) is 119 Å². The number of hydrogen-bond donors (Lipinski definition) is 1. The molecule has 3 aromatic rings. The van der Waals surface area contributed by atoms with Crippen molar-refractivity contribution < 1.29 is 50.4 Å². The number of hydrogen-bond acceptors (Lipinski definition) is 7. The van der Waals surface area contributed by atoms with Crippen molar-refractivity contribution in [3.05, 3.63) is 98.2 Å². The van der Waals surface area contributed by atoms with Gasteiger partial charge in [0.1, 0.15) is 12.3 Å². The van der Waals surface area contributed by atoms with Crippen LogP contribution in [-0.4, -0.2) is 33.4 Å². The van der Waals surface area contributed by atoms with E-state index < -0.39 is 74.8 Å². The van der Waals surface area contributed by atoms with Crippen molar-refractivity contribution in [2.45, 2.75) is 6.18 Å². The van der Waals surface area contributed by atoms with Gasteiger partial charge >= 0.3 is 11.9 Å². The van der Waals surface area contributed by atoms with Crippen LogP contribution in [0.15, 0.2) is 59.5 Å². The average molecular weight is 597 g/mol. The summed E-state index contributed by atoms with van der Waals surface area (Å²) in [5.41, 5.74) is -2.64. The molecule has 0 radical (unpaired) electrons. The minimum absolute atomic E-state index is 0.0474. The van der Waals surface area contributed by atoms with Gasteiger partial charge in [0.15, 0.2) is 17.5 Å². The van der Waals surface area contributed by atoms with Crippen LogP contribution in [0.1, 0.15) is 11.1 Å². The number of alkyl halides is 3. The Kier molecular flexibility index (Phi) is 8.05. The highest BCUT2D eigenvalue weighted by molar-refractivity contribution is 8.18. The summed E-state index contributed by atoms with van der Waals surface area (Å²) in [4.78, 5) is 48.0. The van der Waals surface area contributed by atoms with E-state index in [4.69, 9.17) is 4.74 Å². The van der Waals surface area contributed by atoms with Gasteiger partial charge in [-0.2, -0.15) is 13.2 Å². The van der Waals surface area contributed by atoms with Gasteiger partial charge < -0.3 is 10.1 Å². The number of nitro groups is 1. The summed E-state index contributed by atoms with van der Waals surface area (Å²) >= 11 is 0.451. The molecular weight excluding hydrogens is 584 g/mol. The lowest BCUT2D eigenvalue weighted by Gasteiger charge is -2.13. The second-order valence-corrected chi connectivity index (χ2v) is 9.14. The largest absolute Gasteiger partial charge is 0.450 e. The Labute approximate surface area is 229 Å². The molecule has 9 nitrogen and oxygen atoms in total. The number of rotatable bonds is 7. The third kappa shape index (κ3) is 6.49. The fraction of sp³-hybridized carbons (Fsp3) is 0.0800. The first-order valence-corrected chi connectivity index (χ1v) is 11.9. The van der Waals surface area contributed by atoms with Crippen LogP contribution >= 0.6 is 11.8 Å². The summed E-state index contributed by atoms with van der Waals surface area (Å²) in [5.74, 6) is -7.49. The summed E-state index contributed by atoms with van der Waals surface area (Å²) < 4.78 is 84.5. The molecule has 4 rings (SSSR count). The average Bonchev–Trinajstić information content (AvgIpc) is 3.15. The van der Waals surface area contributed by atoms with Crippen molar-refractivity contribution in [1.29, 1.82) is 0 Å². The quantitative estimate of drug-likeness (QED) is 0.109. The number of imide groups is 1. The number of ether oxygens (including phenoxy) is 1. The van der Waals surface area contributed by atoms with E-state index >= 15 is 0 Å². The maximum Gasteiger partial charge on any atom is 0.416 e. The molecule has 0 aromatic heterocycles. The normalized spacial score (nSPS) is 14.5. The molecule has 16 heteroatoms. The molecule has 0 aliphatic carbocycles. The zero-order valence-electron chi connectivity index (χ0n) is 20.0. The van der Waals surface area contributed by atoms with Gasteiger partial charge in [-0.3, -0.25) is 29.4 Å². The van der Waals surface area contributed by atoms with Crippen LogP contribution in [-0.2, 0) is 15.8 Å². The number of amides is 3. The van der Waals surface area contributed by atoms with Gasteiger partial charge in [0.05, 0.1) is 21.1 Å². The number of nitrogens with one attached hydrogen (secondary N) is 1. The molecule has 1 aliphatic rings. The Morgan fingerprint density at radius 3 is 2.46 bits per heavy atom. The van der Waals surface area contributed by atoms with Crippen molar-refractivity contribution in [1.82, 2.24) is 4.90 Å². The lowest BCUT2D eigenvalue weighted by Crippen LogP contribution is -2.36. The van der Waals surface area contributed by atoms with E-state index in [1.54, 1.807) is 0 Å². The van der Waals surface area contributed by atoms with E-state index in [9.17, 15) is 50.8 Å². The molecule has 1 fully saturated rings. The zero-order valence-corrected chi connectivity index (χ0v) is 20.8. The third-order valence-corrected chi connectivity index (χ3v) is 6.26. The fourth-order valence-electron chi connectivity index (χ4n) is 3.46. The molecule has 0 atom stereocenters. The lowest BCUT2D eigenvalue weighted by molar-refractivity contribution is -0.385. The maximum atomic E-state index is 13.8. The molecule has 1 N–H and O–H groups in total. The van der Waals surface area contributed by atoms with Crippen molar-refractivity contribution in [3.8, 4) is 11.5 Å². The van der Waals surface area contributed by atoms with Gasteiger partial charge in [0.25, 0.3) is 11.1 Å². The smallest absolute Gasteiger partial charge is 0.416 e. The number of halogens is 6. The predicted molar refractivity (Wildman–Crippen MR) is 132 cm³/mol. The third-order valence-electron chi connectivity index (χ3n) is 5.35. The van der Waals surface area contributed by atoms with Crippen LogP contribution in [0.25, 0.3) is 6.08 Å². The first-order chi connectivity index (χ1) is 19.2. The summed E-state index contributed by atoms with van der Waals surface area (Å²) in [6.45, 7) is -0.874. The summed E-state index contributed by atoms with van der Waals surface area (Å²) in [7, 11) is 0. The number of benzene rings is 3. The highest BCUT2D eigenvalue weighted by Gasteiger charge is 2.37. The number of nitrogens with zero attached hydrogens (tertiary/aromatic N) is 2. The van der Waals surface area contributed by atoms with Crippen LogP contribution in [0.5, 0.6) is 11.5 Å². The van der Waals surface area contributed by atoms with Gasteiger partial charge in [0, 0.05) is 6.07 Å². The Morgan fingerprint density at radius 1 is 1.05 bits per heavy atom. The van der Waals surface area contributed by atoms with Gasteiger partial charge in [-0.25, -0.2) is 13.2 Å². The van der Waals surface area contributed by atoms with Crippen LogP contribution in [0.4, 0.5) is 42.5 Å². The van der Waals surface area contributed by atoms with Crippen LogP contribution in [0.2, 0.25) is 0 Å². The van der Waals surface area contributed by atoms with E-state index in [-0.39, 0.29) is 16.2 Å². The second kappa shape index (κ2) is 11.3. The highest BCUT2D eigenvalue weighted by atomic mass is 32.2. The molecule has 3 aromatic carbocycles. The number of anilines is 1. The van der Waals surface area contributed by atoms with E-state index in [0.717, 1.165) is 12.1 Å². The monoisotopic (exact) mass is 597 g/mol. The molecule has 0 bridgehead atoms. The van der Waals surface area contributed by atoms with Gasteiger partial charge in [0.2, 0.25) is 11.7 Å². The maximum absolute atomic E-state index is 13.8. The molecule has 0 spiro atoms. The van der Waals surface area contributed by atoms with E-state index in [2.05, 4.69) is 0 Å². The molecular formula is C25H13F6N3O6S. The van der Waals surface area contributed by atoms with Crippen LogP contribution < -0.4 is 10.1 Å². The van der Waals surface area contributed by atoms with Gasteiger partial charge in [-0.1, -0.05) is 12.1 Å². The van der Waals surface area contributed by atoms with Crippen molar-refractivity contribution in [2.24, 2.45) is 0 Å². The Morgan fingerprint density at radius 2 is 1.78 bits per heavy atom. The van der Waals surface area contributed by atoms with Crippen LogP contribution in [0.3, 0.4) is 0 Å². The highest BCUT2D eigenvalue weighted by Crippen LogP contribution is 2.38. The van der Waals surface area contributed by atoms with Gasteiger partial charge in [-0.05, 0) is 59.8 Å². The van der Waals surface area contributed by atoms with Crippen molar-refractivity contribution in [3.63, 3.8) is 0 Å². The first-order valence-electron chi connectivity index (χ1n) is 11.1. The van der Waals surface area contributed by atoms with E-state index in [1.165, 1.54) is 30.3 Å². The number of carbonyl (C=O) groups excluding carboxylic acids is 3. The lowest BCUT2D eigenvalue weighted by atomic mass is 10.1. The molecule has 1 heterocycles. The minimum atomic E-state index is -4.82. The van der Waals surface area contributed by atoms with Gasteiger partial charge in [-0.15, -0.1) is 0 Å². The Hall–Kier alpha value is -4.86. The Balaban J connectivity index is 1.49. The molecule has 1 saturated heterocycles. The molecule has 0 unspecified atom stereocenters. The zero-order chi connectivity index (χ0) is 30.1. The summed E-state index contributed by atoms with van der Waals surface area (Å²) in [6, 6.07) is 8.55. The summed E-state index contributed by atoms with van der Waals surface area (Å²) in [6.07, 6.45) is -3.59. The first kappa shape index (κ1) is 29.1. The summed E-state index contributed by atoms with van der Waals surface area (Å²) in [5, 5.41) is 12.4. The molecule has 3 amide bonds. The number of thioether (sulfide) groups is 1. The SMILES string of the molecule is O=C(CN1C(=O)S/C(=C/c2cccc(Oc3ccc(C(F)(F)F)cc3[N+](=O)[O-])c2)C1=O)Nc1ccc(F)c(F)c1F. The molecule has 0 saturated carbocycles. The number of nitro benzene ring substituents is 1. The predicted octanol–water partition coefficient (Wildman–Crippen LogP) is 6.50. The van der Waals surface area contributed by atoms with Crippen molar-refractivity contribution in [2.75, 3.05) is 11.9 Å². The second-order valence-electron chi connectivity index (χ2n) is 8.15. The Bertz CT molecular complexity index is 1630. The van der Waals surface area contributed by atoms with E-state index in [0.29, 0.717) is 34.9 Å². The molecule has 212 valence electrons. The molecule has 41 heavy (non-hydrogen) atoms. The van der Waals surface area contributed by atoms with Crippen molar-refractivity contribution >= 4 is 46.3 Å². The van der Waals surface area contributed by atoms with Crippen LogP contribution in [0, 0.1) is 27.6 Å². The van der Waals surface area contributed by atoms with E-state index in [1.807, 2.05) is 5.32 Å².